The molecule has 1 aromatic rings. The van der Waals surface area contributed by atoms with E-state index in [1.165, 1.54) is 0 Å². The Kier molecular flexibility index (Phi) is 3.71. The normalized spacial score (nSPS) is 22.3. The number of carbonyl (C=O) groups excluding carboxylic acids is 1. The molecule has 1 aliphatic rings. The van der Waals surface area contributed by atoms with E-state index in [2.05, 4.69) is 5.32 Å². The molecule has 6 nitrogen and oxygen atoms in total. The van der Waals surface area contributed by atoms with Crippen LogP contribution in [0.3, 0.4) is 0 Å². The van der Waals surface area contributed by atoms with Crippen molar-refractivity contribution in [2.75, 3.05) is 11.9 Å². The lowest BCUT2D eigenvalue weighted by Gasteiger charge is -2.21. The van der Waals surface area contributed by atoms with E-state index in [0.29, 0.717) is 5.69 Å². The van der Waals surface area contributed by atoms with E-state index in [1.807, 2.05) is 13.0 Å². The topological polar surface area (TPSA) is 89.9 Å². The standard InChI is InChI=1S/C13H16N2O4/c1-8-3-2-4-9(5-8)14-13(19)15-7-10(16)6-11(15)12(17)18/h2-5,10-11,16H,6-7H2,1H3,(H,14,19)(H,17,18)/t10?,11-/m1/s1. The molecule has 2 rings (SSSR count). The lowest BCUT2D eigenvalue weighted by Crippen LogP contribution is -2.43. The van der Waals surface area contributed by atoms with Gasteiger partial charge in [-0.1, -0.05) is 12.1 Å². The first-order valence-electron chi connectivity index (χ1n) is 6.02. The van der Waals surface area contributed by atoms with Gasteiger partial charge in [-0.2, -0.15) is 0 Å². The fraction of sp³-hybridized carbons (Fsp3) is 0.385. The number of rotatable bonds is 2. The fourth-order valence-electron chi connectivity index (χ4n) is 2.19. The number of aliphatic hydroxyl groups is 1. The molecule has 0 aliphatic carbocycles. The summed E-state index contributed by atoms with van der Waals surface area (Å²) in [7, 11) is 0. The number of aliphatic hydroxyl groups excluding tert-OH is 1. The minimum Gasteiger partial charge on any atom is -0.480 e. The average molecular weight is 264 g/mol. The number of anilines is 1. The van der Waals surface area contributed by atoms with Gasteiger partial charge in [-0.3, -0.25) is 0 Å². The third-order valence-corrected chi connectivity index (χ3v) is 3.09. The molecule has 1 aromatic carbocycles. The van der Waals surface area contributed by atoms with E-state index >= 15 is 0 Å². The summed E-state index contributed by atoms with van der Waals surface area (Å²) in [6.07, 6.45) is -0.722. The van der Waals surface area contributed by atoms with Crippen molar-refractivity contribution in [3.63, 3.8) is 0 Å². The summed E-state index contributed by atoms with van der Waals surface area (Å²) in [5.41, 5.74) is 1.60. The molecule has 1 fully saturated rings. The summed E-state index contributed by atoms with van der Waals surface area (Å²) in [6, 6.07) is 5.75. The van der Waals surface area contributed by atoms with E-state index in [1.54, 1.807) is 18.2 Å². The molecule has 102 valence electrons. The molecule has 2 atom stereocenters. The smallest absolute Gasteiger partial charge is 0.326 e. The van der Waals surface area contributed by atoms with Crippen molar-refractivity contribution in [2.45, 2.75) is 25.5 Å². The number of aryl methyl sites for hydroxylation is 1. The maximum Gasteiger partial charge on any atom is 0.326 e. The second-order valence-electron chi connectivity index (χ2n) is 4.70. The Labute approximate surface area is 110 Å². The van der Waals surface area contributed by atoms with Gasteiger partial charge in [-0.25, -0.2) is 9.59 Å². The van der Waals surface area contributed by atoms with Crippen molar-refractivity contribution in [3.05, 3.63) is 29.8 Å². The number of urea groups is 1. The molecule has 0 spiro atoms. The van der Waals surface area contributed by atoms with Gasteiger partial charge in [-0.05, 0) is 24.6 Å². The van der Waals surface area contributed by atoms with Gasteiger partial charge in [-0.15, -0.1) is 0 Å². The number of carbonyl (C=O) groups is 2. The van der Waals surface area contributed by atoms with Gasteiger partial charge >= 0.3 is 12.0 Å². The summed E-state index contributed by atoms with van der Waals surface area (Å²) >= 11 is 0. The Hall–Kier alpha value is -2.08. The van der Waals surface area contributed by atoms with Gasteiger partial charge in [0.25, 0.3) is 0 Å². The van der Waals surface area contributed by atoms with E-state index in [9.17, 15) is 14.7 Å². The molecule has 2 amide bonds. The molecule has 1 aliphatic heterocycles. The van der Waals surface area contributed by atoms with Crippen LogP contribution in [0.1, 0.15) is 12.0 Å². The van der Waals surface area contributed by atoms with Crippen LogP contribution in [0.25, 0.3) is 0 Å². The van der Waals surface area contributed by atoms with E-state index in [0.717, 1.165) is 10.5 Å². The van der Waals surface area contributed by atoms with Crippen LogP contribution in [-0.2, 0) is 4.79 Å². The maximum absolute atomic E-state index is 12.0. The highest BCUT2D eigenvalue weighted by molar-refractivity contribution is 5.92. The van der Waals surface area contributed by atoms with Gasteiger partial charge in [0.1, 0.15) is 6.04 Å². The number of nitrogens with one attached hydrogen (secondary N) is 1. The number of carboxylic acid groups (broad SMARTS) is 1. The second-order valence-corrected chi connectivity index (χ2v) is 4.70. The Balaban J connectivity index is 2.09. The van der Waals surface area contributed by atoms with Crippen molar-refractivity contribution in [3.8, 4) is 0 Å². The first kappa shape index (κ1) is 13.4. The van der Waals surface area contributed by atoms with Gasteiger partial charge in [0.15, 0.2) is 0 Å². The van der Waals surface area contributed by atoms with E-state index in [4.69, 9.17) is 5.11 Å². The van der Waals surface area contributed by atoms with E-state index in [-0.39, 0.29) is 13.0 Å². The molecule has 0 aromatic heterocycles. The Morgan fingerprint density at radius 3 is 2.79 bits per heavy atom. The van der Waals surface area contributed by atoms with Crippen molar-refractivity contribution >= 4 is 17.7 Å². The molecular formula is C13H16N2O4. The number of aliphatic carboxylic acids is 1. The molecule has 0 saturated carbocycles. The Morgan fingerprint density at radius 2 is 2.16 bits per heavy atom. The van der Waals surface area contributed by atoms with Crippen molar-refractivity contribution in [1.29, 1.82) is 0 Å². The van der Waals surface area contributed by atoms with Crippen molar-refractivity contribution in [1.82, 2.24) is 4.90 Å². The molecule has 6 heteroatoms. The highest BCUT2D eigenvalue weighted by Gasteiger charge is 2.38. The number of β-amino-alcohol motifs (C(OH)–C–C–N with tert-alkyl or cyclic N) is 1. The first-order valence-corrected chi connectivity index (χ1v) is 6.02. The van der Waals surface area contributed by atoms with Crippen LogP contribution in [0, 0.1) is 6.92 Å². The largest absolute Gasteiger partial charge is 0.480 e. The van der Waals surface area contributed by atoms with Crippen molar-refractivity contribution < 1.29 is 19.8 Å². The lowest BCUT2D eigenvalue weighted by atomic mass is 10.2. The molecule has 1 unspecified atom stereocenters. The van der Waals surface area contributed by atoms with Crippen LogP contribution in [0.15, 0.2) is 24.3 Å². The number of benzene rings is 1. The van der Waals surface area contributed by atoms with Crippen molar-refractivity contribution in [2.24, 2.45) is 0 Å². The third-order valence-electron chi connectivity index (χ3n) is 3.09. The lowest BCUT2D eigenvalue weighted by molar-refractivity contribution is -0.141. The molecule has 1 heterocycles. The number of amides is 2. The fourth-order valence-corrected chi connectivity index (χ4v) is 2.19. The van der Waals surface area contributed by atoms with Crippen LogP contribution < -0.4 is 5.32 Å². The van der Waals surface area contributed by atoms with Gasteiger partial charge in [0.05, 0.1) is 6.10 Å². The third kappa shape index (κ3) is 3.03. The van der Waals surface area contributed by atoms with Crippen LogP contribution >= 0.6 is 0 Å². The maximum atomic E-state index is 12.0. The number of hydrogen-bond acceptors (Lipinski definition) is 3. The summed E-state index contributed by atoms with van der Waals surface area (Å²) in [5, 5.41) is 21.2. The SMILES string of the molecule is Cc1cccc(NC(=O)N2CC(O)C[C@@H]2C(=O)O)c1. The summed E-state index contributed by atoms with van der Waals surface area (Å²) < 4.78 is 0. The number of hydrogen-bond donors (Lipinski definition) is 3. The summed E-state index contributed by atoms with van der Waals surface area (Å²) in [4.78, 5) is 24.2. The quantitative estimate of drug-likeness (QED) is 0.744. The second kappa shape index (κ2) is 5.27. The van der Waals surface area contributed by atoms with Gasteiger partial charge in [0, 0.05) is 18.7 Å². The molecular weight excluding hydrogens is 248 g/mol. The number of likely N-dealkylation sites (tertiary alicyclic amines) is 1. The van der Waals surface area contributed by atoms with Crippen LogP contribution in [0.4, 0.5) is 10.5 Å². The minimum absolute atomic E-state index is 0.0363. The Morgan fingerprint density at radius 1 is 1.42 bits per heavy atom. The monoisotopic (exact) mass is 264 g/mol. The number of nitrogens with zero attached hydrogens (tertiary/aromatic N) is 1. The summed E-state index contributed by atoms with van der Waals surface area (Å²) in [6.45, 7) is 1.93. The highest BCUT2D eigenvalue weighted by atomic mass is 16.4. The number of carboxylic acids is 1. The molecule has 0 bridgehead atoms. The molecule has 1 saturated heterocycles. The zero-order chi connectivity index (χ0) is 14.0. The molecule has 0 radical (unpaired) electrons. The highest BCUT2D eigenvalue weighted by Crippen LogP contribution is 2.20. The van der Waals surface area contributed by atoms with Crippen LogP contribution in [0.5, 0.6) is 0 Å². The van der Waals surface area contributed by atoms with Gasteiger partial charge in [0.2, 0.25) is 0 Å². The van der Waals surface area contributed by atoms with Crippen LogP contribution in [0.2, 0.25) is 0 Å². The minimum atomic E-state index is -1.10. The Bertz CT molecular complexity index is 503. The zero-order valence-electron chi connectivity index (χ0n) is 10.5. The zero-order valence-corrected chi connectivity index (χ0v) is 10.5. The van der Waals surface area contributed by atoms with E-state index < -0.39 is 24.1 Å². The average Bonchev–Trinajstić information content (AvgIpc) is 2.71. The predicted octanol–water partition coefficient (Wildman–Crippen LogP) is 1.05. The molecule has 19 heavy (non-hydrogen) atoms. The predicted molar refractivity (Wildman–Crippen MR) is 69.0 cm³/mol. The molecule has 3 N–H and O–H groups in total. The first-order chi connectivity index (χ1) is 8.97. The van der Waals surface area contributed by atoms with Crippen LogP contribution in [-0.4, -0.2) is 45.8 Å². The van der Waals surface area contributed by atoms with Gasteiger partial charge < -0.3 is 20.4 Å². The summed E-state index contributed by atoms with van der Waals surface area (Å²) in [5.74, 6) is -1.10.